The van der Waals surface area contributed by atoms with E-state index in [-0.39, 0.29) is 5.97 Å². The van der Waals surface area contributed by atoms with Gasteiger partial charge in [0.05, 0.1) is 12.2 Å². The molecular formula is C30H38O3S. The summed E-state index contributed by atoms with van der Waals surface area (Å²) in [6.45, 7) is 5.17. The number of hydrogen-bond acceptors (Lipinski definition) is 4. The lowest BCUT2D eigenvalue weighted by Gasteiger charge is -2.08. The number of rotatable bonds is 15. The molecule has 0 saturated heterocycles. The molecule has 0 radical (unpaired) electrons. The first kappa shape index (κ1) is 26.0. The minimum absolute atomic E-state index is 0.357. The zero-order valence-corrected chi connectivity index (χ0v) is 21.5. The van der Waals surface area contributed by atoms with Crippen molar-refractivity contribution in [2.24, 2.45) is 0 Å². The molecule has 0 fully saturated rings. The van der Waals surface area contributed by atoms with Gasteiger partial charge in [-0.15, -0.1) is 11.3 Å². The minimum Gasteiger partial charge on any atom is -0.494 e. The van der Waals surface area contributed by atoms with Crippen LogP contribution in [0.5, 0.6) is 11.5 Å². The van der Waals surface area contributed by atoms with Crippen LogP contribution in [0.2, 0.25) is 0 Å². The molecule has 3 nitrogen and oxygen atoms in total. The molecule has 182 valence electrons. The van der Waals surface area contributed by atoms with Crippen molar-refractivity contribution in [2.75, 3.05) is 6.61 Å². The highest BCUT2D eigenvalue weighted by atomic mass is 32.1. The Kier molecular flexibility index (Phi) is 11.2. The molecule has 0 bridgehead atoms. The van der Waals surface area contributed by atoms with Crippen LogP contribution >= 0.6 is 11.3 Å². The molecule has 0 N–H and O–H groups in total. The second-order valence-corrected chi connectivity index (χ2v) is 9.95. The van der Waals surface area contributed by atoms with Gasteiger partial charge < -0.3 is 9.47 Å². The number of aryl methyl sites for hydroxylation is 1. The fraction of sp³-hybridized carbons (Fsp3) is 0.433. The van der Waals surface area contributed by atoms with Crippen LogP contribution in [0.4, 0.5) is 0 Å². The monoisotopic (exact) mass is 478 g/mol. The predicted molar refractivity (Wildman–Crippen MR) is 143 cm³/mol. The van der Waals surface area contributed by atoms with Gasteiger partial charge in [0.2, 0.25) is 0 Å². The van der Waals surface area contributed by atoms with Crippen LogP contribution in [0.1, 0.15) is 86.9 Å². The van der Waals surface area contributed by atoms with Gasteiger partial charge in [-0.25, -0.2) is 4.79 Å². The Balaban J connectivity index is 1.46. The average molecular weight is 479 g/mol. The SMILES string of the molecule is CCCCCCCOc1ccc(C(=O)Oc2ccc(-c3ccc(CCCCCC)s3)cc2)cc1. The molecule has 0 unspecified atom stereocenters. The highest BCUT2D eigenvalue weighted by molar-refractivity contribution is 7.15. The van der Waals surface area contributed by atoms with E-state index in [2.05, 4.69) is 26.0 Å². The number of esters is 1. The third kappa shape index (κ3) is 8.64. The van der Waals surface area contributed by atoms with Crippen molar-refractivity contribution in [3.63, 3.8) is 0 Å². The number of benzene rings is 2. The van der Waals surface area contributed by atoms with E-state index in [0.29, 0.717) is 17.9 Å². The van der Waals surface area contributed by atoms with Crippen molar-refractivity contribution in [1.82, 2.24) is 0 Å². The predicted octanol–water partition coefficient (Wildman–Crippen LogP) is 9.11. The van der Waals surface area contributed by atoms with Gasteiger partial charge in [-0.2, -0.15) is 0 Å². The fourth-order valence-electron chi connectivity index (χ4n) is 3.83. The van der Waals surface area contributed by atoms with Crippen LogP contribution in [0, 0.1) is 0 Å². The summed E-state index contributed by atoms with van der Waals surface area (Å²) in [4.78, 5) is 15.2. The van der Waals surface area contributed by atoms with Crippen LogP contribution in [-0.2, 0) is 6.42 Å². The number of carbonyl (C=O) groups excluding carboxylic acids is 1. The Bertz CT molecular complexity index is 973. The number of unbranched alkanes of at least 4 members (excludes halogenated alkanes) is 7. The number of thiophene rings is 1. The summed E-state index contributed by atoms with van der Waals surface area (Å²) in [5, 5.41) is 0. The van der Waals surface area contributed by atoms with Gasteiger partial charge in [0, 0.05) is 9.75 Å². The van der Waals surface area contributed by atoms with E-state index in [9.17, 15) is 4.79 Å². The summed E-state index contributed by atoms with van der Waals surface area (Å²) >= 11 is 1.85. The maximum absolute atomic E-state index is 12.5. The quantitative estimate of drug-likeness (QED) is 0.124. The van der Waals surface area contributed by atoms with Crippen molar-refractivity contribution in [1.29, 1.82) is 0 Å². The fourth-order valence-corrected chi connectivity index (χ4v) is 4.88. The van der Waals surface area contributed by atoms with E-state index in [1.165, 1.54) is 61.1 Å². The van der Waals surface area contributed by atoms with E-state index < -0.39 is 0 Å². The highest BCUT2D eigenvalue weighted by Gasteiger charge is 2.10. The first-order valence-corrected chi connectivity index (χ1v) is 13.7. The van der Waals surface area contributed by atoms with Crippen molar-refractivity contribution in [3.8, 4) is 21.9 Å². The standard InChI is InChI=1S/C30H38O3S/c1-3-5-7-9-11-23-32-26-17-15-25(16-18-26)30(31)33-27-19-13-24(14-20-27)29-22-21-28(34-29)12-10-8-6-4-2/h13-22H,3-12,23H2,1-2H3. The molecule has 0 saturated carbocycles. The van der Waals surface area contributed by atoms with Crippen LogP contribution in [0.25, 0.3) is 10.4 Å². The Hall–Kier alpha value is -2.59. The van der Waals surface area contributed by atoms with Gasteiger partial charge in [0.1, 0.15) is 11.5 Å². The molecule has 2 aromatic carbocycles. The van der Waals surface area contributed by atoms with Crippen molar-refractivity contribution >= 4 is 17.3 Å². The molecule has 0 aliphatic heterocycles. The number of hydrogen-bond donors (Lipinski definition) is 0. The third-order valence-corrected chi connectivity index (χ3v) is 7.09. The highest BCUT2D eigenvalue weighted by Crippen LogP contribution is 2.30. The maximum Gasteiger partial charge on any atom is 0.343 e. The lowest BCUT2D eigenvalue weighted by Crippen LogP contribution is -2.08. The lowest BCUT2D eigenvalue weighted by molar-refractivity contribution is 0.0734. The largest absolute Gasteiger partial charge is 0.494 e. The molecule has 34 heavy (non-hydrogen) atoms. The lowest BCUT2D eigenvalue weighted by atomic mass is 10.1. The van der Waals surface area contributed by atoms with Crippen molar-refractivity contribution < 1.29 is 14.3 Å². The molecule has 0 spiro atoms. The normalized spacial score (nSPS) is 10.9. The summed E-state index contributed by atoms with van der Waals surface area (Å²) in [6, 6.07) is 19.4. The molecule has 0 aliphatic carbocycles. The molecule has 0 atom stereocenters. The van der Waals surface area contributed by atoms with E-state index in [4.69, 9.17) is 9.47 Å². The zero-order chi connectivity index (χ0) is 24.0. The minimum atomic E-state index is -0.357. The number of ether oxygens (including phenoxy) is 2. The molecule has 0 amide bonds. The first-order valence-electron chi connectivity index (χ1n) is 12.8. The second kappa shape index (κ2) is 14.6. The van der Waals surface area contributed by atoms with Crippen molar-refractivity contribution in [3.05, 3.63) is 71.1 Å². The first-order chi connectivity index (χ1) is 16.7. The van der Waals surface area contributed by atoms with Gasteiger partial charge in [-0.3, -0.25) is 0 Å². The molecule has 0 aliphatic rings. The van der Waals surface area contributed by atoms with Crippen LogP contribution in [-0.4, -0.2) is 12.6 Å². The molecule has 1 aromatic heterocycles. The third-order valence-electron chi connectivity index (χ3n) is 5.89. The van der Waals surface area contributed by atoms with Crippen LogP contribution < -0.4 is 9.47 Å². The van der Waals surface area contributed by atoms with Gasteiger partial charge >= 0.3 is 5.97 Å². The molecule has 4 heteroatoms. The summed E-state index contributed by atoms with van der Waals surface area (Å²) < 4.78 is 11.3. The van der Waals surface area contributed by atoms with E-state index in [0.717, 1.165) is 24.2 Å². The molecule has 1 heterocycles. The maximum atomic E-state index is 12.5. The Morgan fingerprint density at radius 3 is 2.06 bits per heavy atom. The van der Waals surface area contributed by atoms with Crippen LogP contribution in [0.3, 0.4) is 0 Å². The molecule has 3 rings (SSSR count). The Labute approximate surface area is 209 Å². The molecular weight excluding hydrogens is 440 g/mol. The number of carbonyl (C=O) groups is 1. The van der Waals surface area contributed by atoms with Gasteiger partial charge in [-0.05, 0) is 85.5 Å². The topological polar surface area (TPSA) is 35.5 Å². The summed E-state index contributed by atoms with van der Waals surface area (Å²) in [7, 11) is 0. The summed E-state index contributed by atoms with van der Waals surface area (Å²) in [5.74, 6) is 0.985. The Morgan fingerprint density at radius 2 is 1.35 bits per heavy atom. The van der Waals surface area contributed by atoms with E-state index in [1.807, 2.05) is 47.7 Å². The molecule has 3 aromatic rings. The smallest absolute Gasteiger partial charge is 0.343 e. The van der Waals surface area contributed by atoms with Gasteiger partial charge in [0.15, 0.2) is 0 Å². The summed E-state index contributed by atoms with van der Waals surface area (Å²) in [5.41, 5.74) is 1.67. The van der Waals surface area contributed by atoms with E-state index in [1.54, 1.807) is 12.1 Å². The van der Waals surface area contributed by atoms with E-state index >= 15 is 0 Å². The van der Waals surface area contributed by atoms with Gasteiger partial charge in [-0.1, -0.05) is 58.8 Å². The average Bonchev–Trinajstić information content (AvgIpc) is 3.34. The zero-order valence-electron chi connectivity index (χ0n) is 20.7. The second-order valence-electron chi connectivity index (χ2n) is 8.78. The summed E-state index contributed by atoms with van der Waals surface area (Å²) in [6.07, 6.45) is 12.4. The van der Waals surface area contributed by atoms with Gasteiger partial charge in [0.25, 0.3) is 0 Å². The Morgan fingerprint density at radius 1 is 0.706 bits per heavy atom. The van der Waals surface area contributed by atoms with Crippen LogP contribution in [0.15, 0.2) is 60.7 Å². The van der Waals surface area contributed by atoms with Crippen molar-refractivity contribution in [2.45, 2.75) is 78.1 Å².